The topological polar surface area (TPSA) is 41.1 Å². The maximum Gasteiger partial charge on any atom is 0.205 e. The van der Waals surface area contributed by atoms with E-state index in [4.69, 9.17) is 0 Å². The lowest BCUT2D eigenvalue weighted by Crippen LogP contribution is -2.48. The number of piperidine rings is 1. The number of rotatable bonds is 4. The Hall–Kier alpha value is -0.680. The van der Waals surface area contributed by atoms with Gasteiger partial charge in [0, 0.05) is 36.2 Å². The minimum absolute atomic E-state index is 0.668. The molecule has 1 aromatic heterocycles. The van der Waals surface area contributed by atoms with Gasteiger partial charge in [-0.1, -0.05) is 6.92 Å². The Balaban J connectivity index is 1.75. The molecule has 5 heteroatoms. The van der Waals surface area contributed by atoms with Crippen LogP contribution >= 0.6 is 11.5 Å². The van der Waals surface area contributed by atoms with Gasteiger partial charge in [0.2, 0.25) is 5.13 Å². The molecular weight excluding hydrogens is 232 g/mol. The van der Waals surface area contributed by atoms with E-state index >= 15 is 0 Å². The molecule has 2 fully saturated rings. The second kappa shape index (κ2) is 4.90. The van der Waals surface area contributed by atoms with Gasteiger partial charge in [0.15, 0.2) is 0 Å². The Morgan fingerprint density at radius 2 is 2.18 bits per heavy atom. The van der Waals surface area contributed by atoms with Crippen molar-refractivity contribution in [2.24, 2.45) is 0 Å². The van der Waals surface area contributed by atoms with E-state index < -0.39 is 0 Å². The van der Waals surface area contributed by atoms with Gasteiger partial charge in [0.1, 0.15) is 6.33 Å². The molecule has 94 valence electrons. The fourth-order valence-electron chi connectivity index (χ4n) is 3.25. The molecule has 0 amide bonds. The minimum Gasteiger partial charge on any atom is -0.344 e. The zero-order chi connectivity index (χ0) is 11.7. The van der Waals surface area contributed by atoms with Crippen LogP contribution in [0.4, 0.5) is 5.13 Å². The number of aromatic nitrogens is 2. The molecule has 0 aromatic carbocycles. The molecule has 0 spiro atoms. The summed E-state index contributed by atoms with van der Waals surface area (Å²) < 4.78 is 4.15. The molecule has 3 heterocycles. The molecule has 2 unspecified atom stereocenters. The van der Waals surface area contributed by atoms with Crippen LogP contribution < -0.4 is 10.2 Å². The van der Waals surface area contributed by atoms with Gasteiger partial charge in [-0.05, 0) is 32.1 Å². The highest BCUT2D eigenvalue weighted by Crippen LogP contribution is 2.32. The number of anilines is 1. The van der Waals surface area contributed by atoms with Crippen molar-refractivity contribution in [3.05, 3.63) is 6.33 Å². The Morgan fingerprint density at radius 3 is 2.76 bits per heavy atom. The molecule has 0 aliphatic carbocycles. The lowest BCUT2D eigenvalue weighted by atomic mass is 9.98. The molecule has 0 radical (unpaired) electrons. The maximum atomic E-state index is 4.39. The zero-order valence-electron chi connectivity index (χ0n) is 10.3. The van der Waals surface area contributed by atoms with Crippen LogP contribution in [0.5, 0.6) is 0 Å². The maximum absolute atomic E-state index is 4.39. The lowest BCUT2D eigenvalue weighted by molar-refractivity contribution is 0.346. The van der Waals surface area contributed by atoms with Crippen molar-refractivity contribution in [1.29, 1.82) is 0 Å². The van der Waals surface area contributed by atoms with Crippen LogP contribution in [0.3, 0.4) is 0 Å². The van der Waals surface area contributed by atoms with E-state index in [-0.39, 0.29) is 0 Å². The predicted octanol–water partition coefficient (Wildman–Crippen LogP) is 2.04. The Labute approximate surface area is 107 Å². The van der Waals surface area contributed by atoms with Crippen LogP contribution in [0.1, 0.15) is 39.0 Å². The summed E-state index contributed by atoms with van der Waals surface area (Å²) in [5.74, 6) is 0. The van der Waals surface area contributed by atoms with Crippen LogP contribution in [0.25, 0.3) is 0 Å². The van der Waals surface area contributed by atoms with Crippen molar-refractivity contribution >= 4 is 16.7 Å². The predicted molar refractivity (Wildman–Crippen MR) is 70.5 cm³/mol. The smallest absolute Gasteiger partial charge is 0.205 e. The number of fused-ring (bicyclic) bond motifs is 2. The Kier molecular flexibility index (Phi) is 3.29. The van der Waals surface area contributed by atoms with E-state index in [0.717, 1.165) is 23.8 Å². The van der Waals surface area contributed by atoms with E-state index in [1.165, 1.54) is 43.6 Å². The first kappa shape index (κ1) is 11.4. The van der Waals surface area contributed by atoms with Gasteiger partial charge >= 0.3 is 0 Å². The number of hydrogen-bond acceptors (Lipinski definition) is 5. The molecule has 2 bridgehead atoms. The molecule has 1 N–H and O–H groups in total. The highest BCUT2D eigenvalue weighted by atomic mass is 32.1. The number of nitrogens with one attached hydrogen (secondary N) is 1. The standard InChI is InChI=1S/C12H20N4S/c1-2-5-16(12-13-8-14-17-12)11-6-9-3-4-10(7-11)15-9/h8-11,15H,2-7H2,1H3. The summed E-state index contributed by atoms with van der Waals surface area (Å²) in [7, 11) is 0. The molecule has 4 nitrogen and oxygen atoms in total. The second-order valence-electron chi connectivity index (χ2n) is 5.18. The van der Waals surface area contributed by atoms with Gasteiger partial charge < -0.3 is 10.2 Å². The van der Waals surface area contributed by atoms with E-state index in [1.807, 2.05) is 0 Å². The third kappa shape index (κ3) is 2.31. The monoisotopic (exact) mass is 252 g/mol. The fourth-order valence-corrected chi connectivity index (χ4v) is 3.88. The first-order valence-electron chi connectivity index (χ1n) is 6.66. The normalized spacial score (nSPS) is 31.7. The molecule has 17 heavy (non-hydrogen) atoms. The van der Waals surface area contributed by atoms with Gasteiger partial charge in [-0.2, -0.15) is 4.37 Å². The van der Waals surface area contributed by atoms with Crippen molar-refractivity contribution in [3.63, 3.8) is 0 Å². The van der Waals surface area contributed by atoms with Gasteiger partial charge in [-0.25, -0.2) is 4.98 Å². The van der Waals surface area contributed by atoms with Crippen molar-refractivity contribution in [2.45, 2.75) is 57.2 Å². The third-order valence-electron chi connectivity index (χ3n) is 3.95. The molecule has 2 saturated heterocycles. The average Bonchev–Trinajstić information content (AvgIpc) is 2.96. The summed E-state index contributed by atoms with van der Waals surface area (Å²) in [6, 6.07) is 2.15. The van der Waals surface area contributed by atoms with E-state index in [0.29, 0.717) is 6.04 Å². The first-order chi connectivity index (χ1) is 8.36. The first-order valence-corrected chi connectivity index (χ1v) is 7.43. The minimum atomic E-state index is 0.668. The van der Waals surface area contributed by atoms with E-state index in [1.54, 1.807) is 6.33 Å². The van der Waals surface area contributed by atoms with E-state index in [2.05, 4.69) is 26.5 Å². The summed E-state index contributed by atoms with van der Waals surface area (Å²) in [5, 5.41) is 4.81. The molecule has 2 atom stereocenters. The average molecular weight is 252 g/mol. The Morgan fingerprint density at radius 1 is 1.41 bits per heavy atom. The Bertz CT molecular complexity index is 341. The largest absolute Gasteiger partial charge is 0.344 e. The van der Waals surface area contributed by atoms with E-state index in [9.17, 15) is 0 Å². The van der Waals surface area contributed by atoms with Crippen LogP contribution in [0.15, 0.2) is 6.33 Å². The van der Waals surface area contributed by atoms with Gasteiger partial charge in [-0.3, -0.25) is 0 Å². The highest BCUT2D eigenvalue weighted by molar-refractivity contribution is 7.09. The van der Waals surface area contributed by atoms with Crippen molar-refractivity contribution in [3.8, 4) is 0 Å². The zero-order valence-corrected chi connectivity index (χ0v) is 11.1. The molecule has 3 rings (SSSR count). The van der Waals surface area contributed by atoms with Crippen molar-refractivity contribution < 1.29 is 0 Å². The molecule has 2 aliphatic rings. The summed E-state index contributed by atoms with van der Waals surface area (Å²) in [5.41, 5.74) is 0. The van der Waals surface area contributed by atoms with Gasteiger partial charge in [-0.15, -0.1) is 0 Å². The lowest BCUT2D eigenvalue weighted by Gasteiger charge is -2.37. The van der Waals surface area contributed by atoms with Crippen LogP contribution in [0.2, 0.25) is 0 Å². The van der Waals surface area contributed by atoms with Crippen LogP contribution in [-0.4, -0.2) is 34.0 Å². The molecular formula is C12H20N4S. The quantitative estimate of drug-likeness (QED) is 0.890. The molecule has 1 aromatic rings. The summed E-state index contributed by atoms with van der Waals surface area (Å²) in [4.78, 5) is 6.88. The molecule has 2 aliphatic heterocycles. The SMILES string of the molecule is CCCN(c1ncns1)C1CC2CCC(C1)N2. The van der Waals surface area contributed by atoms with Crippen molar-refractivity contribution in [2.75, 3.05) is 11.4 Å². The van der Waals surface area contributed by atoms with Gasteiger partial charge in [0.05, 0.1) is 0 Å². The summed E-state index contributed by atoms with van der Waals surface area (Å²) >= 11 is 1.53. The molecule has 0 saturated carbocycles. The highest BCUT2D eigenvalue weighted by Gasteiger charge is 2.36. The fraction of sp³-hybridized carbons (Fsp3) is 0.833. The summed E-state index contributed by atoms with van der Waals surface area (Å²) in [6.45, 7) is 3.35. The van der Waals surface area contributed by atoms with Gasteiger partial charge in [0.25, 0.3) is 0 Å². The van der Waals surface area contributed by atoms with Crippen LogP contribution in [0, 0.1) is 0 Å². The summed E-state index contributed by atoms with van der Waals surface area (Å²) in [6.07, 6.45) is 8.12. The third-order valence-corrected chi connectivity index (χ3v) is 4.65. The van der Waals surface area contributed by atoms with Crippen molar-refractivity contribution in [1.82, 2.24) is 14.7 Å². The van der Waals surface area contributed by atoms with Crippen LogP contribution in [-0.2, 0) is 0 Å². The number of nitrogens with zero attached hydrogens (tertiary/aromatic N) is 3. The second-order valence-corrected chi connectivity index (χ2v) is 5.94. The number of hydrogen-bond donors (Lipinski definition) is 1.